The zero-order chi connectivity index (χ0) is 24.7. The van der Waals surface area contributed by atoms with Crippen molar-refractivity contribution in [2.45, 2.75) is 80.3 Å². The molecule has 0 aromatic carbocycles. The monoisotopic (exact) mass is 450 g/mol. The number of hydrogen-bond donors (Lipinski definition) is 1. The highest BCUT2D eigenvalue weighted by atomic mass is 16.5. The smallest absolute Gasteiger partial charge is 0.253 e. The maximum atomic E-state index is 12.5. The van der Waals surface area contributed by atoms with Gasteiger partial charge in [0, 0.05) is 49.1 Å². The standard InChI is InChI=1S/C25H42N2O5/c1-17(2)22(30)24(5,6)12-14-32-25(7,8)11-13-26-23(31)19(4)15-18(3)16-27-20(28)9-10-21(27)29/h9-10,17-19H,11-16H2,1-8H3,(H,26,31). The molecule has 1 heterocycles. The van der Waals surface area contributed by atoms with E-state index in [0.29, 0.717) is 39.0 Å². The molecule has 3 amide bonds. The topological polar surface area (TPSA) is 92.8 Å². The molecule has 0 fully saturated rings. The third-order valence-electron chi connectivity index (χ3n) is 6.04. The van der Waals surface area contributed by atoms with Gasteiger partial charge in [0.05, 0.1) is 5.60 Å². The fourth-order valence-electron chi connectivity index (χ4n) is 3.93. The Morgan fingerprint density at radius 1 is 1.00 bits per heavy atom. The number of ether oxygens (including phenoxy) is 1. The Kier molecular flexibility index (Phi) is 10.3. The van der Waals surface area contributed by atoms with Gasteiger partial charge in [0.15, 0.2) is 0 Å². The third-order valence-corrected chi connectivity index (χ3v) is 6.04. The van der Waals surface area contributed by atoms with E-state index >= 15 is 0 Å². The summed E-state index contributed by atoms with van der Waals surface area (Å²) in [5.74, 6) is -0.585. The molecule has 1 N–H and O–H groups in total. The highest BCUT2D eigenvalue weighted by Gasteiger charge is 2.30. The van der Waals surface area contributed by atoms with Gasteiger partial charge in [0.25, 0.3) is 11.8 Å². The fourth-order valence-corrected chi connectivity index (χ4v) is 3.93. The van der Waals surface area contributed by atoms with Crippen molar-refractivity contribution < 1.29 is 23.9 Å². The second kappa shape index (κ2) is 11.7. The molecule has 0 saturated heterocycles. The van der Waals surface area contributed by atoms with Gasteiger partial charge in [-0.25, -0.2) is 0 Å². The molecular weight excluding hydrogens is 408 g/mol. The summed E-state index contributed by atoms with van der Waals surface area (Å²) in [6.45, 7) is 16.8. The van der Waals surface area contributed by atoms with Crippen molar-refractivity contribution in [1.29, 1.82) is 0 Å². The lowest BCUT2D eigenvalue weighted by Crippen LogP contribution is -2.38. The van der Waals surface area contributed by atoms with Crippen LogP contribution in [0.5, 0.6) is 0 Å². The summed E-state index contributed by atoms with van der Waals surface area (Å²) in [6.07, 6.45) is 4.45. The maximum absolute atomic E-state index is 12.5. The number of carbonyl (C=O) groups excluding carboxylic acids is 4. The summed E-state index contributed by atoms with van der Waals surface area (Å²) >= 11 is 0. The number of nitrogens with zero attached hydrogens (tertiary/aromatic N) is 1. The number of rotatable bonds is 14. The lowest BCUT2D eigenvalue weighted by atomic mass is 9.80. The van der Waals surface area contributed by atoms with E-state index < -0.39 is 11.0 Å². The van der Waals surface area contributed by atoms with Crippen LogP contribution >= 0.6 is 0 Å². The highest BCUT2D eigenvalue weighted by Crippen LogP contribution is 2.27. The predicted octanol–water partition coefficient (Wildman–Crippen LogP) is 3.52. The van der Waals surface area contributed by atoms with E-state index in [0.717, 1.165) is 0 Å². The average molecular weight is 451 g/mol. The normalized spacial score (nSPS) is 16.6. The average Bonchev–Trinajstić information content (AvgIpc) is 2.98. The molecule has 32 heavy (non-hydrogen) atoms. The molecule has 0 aromatic rings. The van der Waals surface area contributed by atoms with E-state index in [1.54, 1.807) is 0 Å². The molecule has 0 saturated carbocycles. The van der Waals surface area contributed by atoms with Crippen molar-refractivity contribution >= 4 is 23.5 Å². The van der Waals surface area contributed by atoms with E-state index in [-0.39, 0.29) is 41.3 Å². The van der Waals surface area contributed by atoms with Crippen LogP contribution in [0.3, 0.4) is 0 Å². The molecule has 1 aliphatic rings. The van der Waals surface area contributed by atoms with Gasteiger partial charge in [-0.15, -0.1) is 0 Å². The van der Waals surface area contributed by atoms with Crippen LogP contribution in [0.4, 0.5) is 0 Å². The summed E-state index contributed by atoms with van der Waals surface area (Å²) in [5, 5.41) is 2.96. The molecule has 7 heteroatoms. The summed E-state index contributed by atoms with van der Waals surface area (Å²) in [7, 11) is 0. The van der Waals surface area contributed by atoms with Gasteiger partial charge < -0.3 is 10.1 Å². The molecule has 2 unspecified atom stereocenters. The summed E-state index contributed by atoms with van der Waals surface area (Å²) < 4.78 is 6.02. The first kappa shape index (κ1) is 28.0. The van der Waals surface area contributed by atoms with Crippen molar-refractivity contribution in [2.24, 2.45) is 23.2 Å². The third kappa shape index (κ3) is 8.85. The van der Waals surface area contributed by atoms with Crippen molar-refractivity contribution in [2.75, 3.05) is 19.7 Å². The largest absolute Gasteiger partial charge is 0.375 e. The van der Waals surface area contributed by atoms with Gasteiger partial charge >= 0.3 is 0 Å². The molecule has 1 rings (SSSR count). The molecule has 7 nitrogen and oxygen atoms in total. The van der Waals surface area contributed by atoms with Gasteiger partial charge in [0.2, 0.25) is 5.91 Å². The minimum atomic E-state index is -0.412. The van der Waals surface area contributed by atoms with E-state index in [2.05, 4.69) is 5.32 Å². The molecule has 0 aromatic heterocycles. The molecule has 1 aliphatic heterocycles. The number of ketones is 1. The van der Waals surface area contributed by atoms with Crippen molar-refractivity contribution in [3.05, 3.63) is 12.2 Å². The highest BCUT2D eigenvalue weighted by molar-refractivity contribution is 6.12. The van der Waals surface area contributed by atoms with Gasteiger partial charge in [-0.3, -0.25) is 24.1 Å². The first-order valence-electron chi connectivity index (χ1n) is 11.7. The second-order valence-corrected chi connectivity index (χ2v) is 10.7. The Morgan fingerprint density at radius 3 is 2.09 bits per heavy atom. The van der Waals surface area contributed by atoms with Crippen LogP contribution in [-0.4, -0.2) is 53.7 Å². The number of hydrogen-bond acceptors (Lipinski definition) is 5. The predicted molar refractivity (Wildman–Crippen MR) is 125 cm³/mol. The molecule has 0 bridgehead atoms. The second-order valence-electron chi connectivity index (χ2n) is 10.7. The molecule has 2 atom stereocenters. The van der Waals surface area contributed by atoms with Crippen LogP contribution in [0.15, 0.2) is 12.2 Å². The number of amides is 3. The Labute approximate surface area is 193 Å². The van der Waals surface area contributed by atoms with Crippen molar-refractivity contribution in [3.8, 4) is 0 Å². The minimum absolute atomic E-state index is 0.00549. The summed E-state index contributed by atoms with van der Waals surface area (Å²) in [6, 6.07) is 0. The van der Waals surface area contributed by atoms with Crippen LogP contribution in [0, 0.1) is 23.2 Å². The van der Waals surface area contributed by atoms with Crippen molar-refractivity contribution in [3.63, 3.8) is 0 Å². The zero-order valence-corrected chi connectivity index (χ0v) is 21.1. The van der Waals surface area contributed by atoms with Crippen LogP contribution in [0.25, 0.3) is 0 Å². The Balaban J connectivity index is 2.34. The Bertz CT molecular complexity index is 706. The van der Waals surface area contributed by atoms with E-state index in [9.17, 15) is 19.2 Å². The van der Waals surface area contributed by atoms with Crippen LogP contribution in [-0.2, 0) is 23.9 Å². The minimum Gasteiger partial charge on any atom is -0.375 e. The fraction of sp³-hybridized carbons (Fsp3) is 0.760. The Hall–Kier alpha value is -2.02. The first-order chi connectivity index (χ1) is 14.7. The maximum Gasteiger partial charge on any atom is 0.253 e. The van der Waals surface area contributed by atoms with Gasteiger partial charge in [-0.1, -0.05) is 41.5 Å². The number of Topliss-reactive ketones (excluding diaryl/α,β-unsaturated/α-hetero) is 1. The van der Waals surface area contributed by atoms with Gasteiger partial charge in [-0.2, -0.15) is 0 Å². The van der Waals surface area contributed by atoms with E-state index in [1.165, 1.54) is 17.1 Å². The van der Waals surface area contributed by atoms with E-state index in [1.807, 2.05) is 55.4 Å². The molecule has 0 aliphatic carbocycles. The van der Waals surface area contributed by atoms with Crippen molar-refractivity contribution in [1.82, 2.24) is 10.2 Å². The summed E-state index contributed by atoms with van der Waals surface area (Å²) in [4.78, 5) is 49.3. The molecule has 0 radical (unpaired) electrons. The number of carbonyl (C=O) groups is 4. The van der Waals surface area contributed by atoms with Crippen LogP contribution in [0.1, 0.15) is 74.7 Å². The molecule has 0 spiro atoms. The quantitative estimate of drug-likeness (QED) is 0.409. The van der Waals surface area contributed by atoms with Crippen LogP contribution in [0.2, 0.25) is 0 Å². The molecule has 182 valence electrons. The summed E-state index contributed by atoms with van der Waals surface area (Å²) in [5.41, 5.74) is -0.824. The first-order valence-corrected chi connectivity index (χ1v) is 11.7. The van der Waals surface area contributed by atoms with Gasteiger partial charge in [0.1, 0.15) is 5.78 Å². The SMILES string of the molecule is CC(CC(C)C(=O)NCCC(C)(C)OCCC(C)(C)C(=O)C(C)C)CN1C(=O)C=CC1=O. The lowest BCUT2D eigenvalue weighted by molar-refractivity contribution is -0.137. The molecular formula is C25H42N2O5. The van der Waals surface area contributed by atoms with Crippen LogP contribution < -0.4 is 5.32 Å². The van der Waals surface area contributed by atoms with Gasteiger partial charge in [-0.05, 0) is 39.0 Å². The Morgan fingerprint density at radius 2 is 1.56 bits per heavy atom. The van der Waals surface area contributed by atoms with E-state index in [4.69, 9.17) is 4.74 Å². The number of nitrogens with one attached hydrogen (secondary N) is 1. The lowest BCUT2D eigenvalue weighted by Gasteiger charge is -2.30. The zero-order valence-electron chi connectivity index (χ0n) is 21.1. The number of imide groups is 1.